The Hall–Kier alpha value is 0.150. The minimum absolute atomic E-state index is 0.0275. The highest BCUT2D eigenvalue weighted by atomic mass is 79.9. The highest BCUT2D eigenvalue weighted by Gasteiger charge is 2.16. The van der Waals surface area contributed by atoms with Crippen LogP contribution in [0.3, 0.4) is 0 Å². The van der Waals surface area contributed by atoms with E-state index in [0.717, 1.165) is 12.8 Å². The first-order valence-corrected chi connectivity index (χ1v) is 4.72. The average molecular weight is 207 g/mol. The molecule has 0 radical (unpaired) electrons. The van der Waals surface area contributed by atoms with Crippen molar-refractivity contribution in [2.45, 2.75) is 32.1 Å². The molecule has 0 aromatic heterocycles. The molecule has 0 heterocycles. The van der Waals surface area contributed by atoms with Crippen LogP contribution in [0.4, 0.5) is 4.39 Å². The highest BCUT2D eigenvalue weighted by Crippen LogP contribution is 2.30. The maximum Gasteiger partial charge on any atom is 0.110 e. The Morgan fingerprint density at radius 3 is 2.40 bits per heavy atom. The number of hydrogen-bond acceptors (Lipinski definition) is 0. The van der Waals surface area contributed by atoms with Gasteiger partial charge in [0.2, 0.25) is 0 Å². The van der Waals surface area contributed by atoms with E-state index in [1.807, 2.05) is 0 Å². The van der Waals surface area contributed by atoms with E-state index in [-0.39, 0.29) is 11.7 Å². The van der Waals surface area contributed by atoms with Gasteiger partial charge < -0.3 is 0 Å². The lowest BCUT2D eigenvalue weighted by atomic mass is 9.89. The van der Waals surface area contributed by atoms with Crippen LogP contribution < -0.4 is 0 Å². The lowest BCUT2D eigenvalue weighted by Gasteiger charge is -2.19. The molecule has 2 heteroatoms. The van der Waals surface area contributed by atoms with Gasteiger partial charge >= 0.3 is 0 Å². The van der Waals surface area contributed by atoms with E-state index >= 15 is 0 Å². The van der Waals surface area contributed by atoms with Gasteiger partial charge in [0.05, 0.1) is 0 Å². The van der Waals surface area contributed by atoms with Crippen LogP contribution in [0.1, 0.15) is 32.1 Å². The molecule has 0 atom stereocenters. The summed E-state index contributed by atoms with van der Waals surface area (Å²) in [6, 6.07) is 0. The Kier molecular flexibility index (Phi) is 3.40. The number of hydrogen-bond donors (Lipinski definition) is 0. The lowest BCUT2D eigenvalue weighted by molar-refractivity contribution is 0.349. The summed E-state index contributed by atoms with van der Waals surface area (Å²) in [6.07, 6.45) is 5.74. The minimum atomic E-state index is 0.0275. The molecule has 0 saturated heterocycles. The summed E-state index contributed by atoms with van der Waals surface area (Å²) >= 11 is 3.01. The summed E-state index contributed by atoms with van der Waals surface area (Å²) in [4.78, 5) is 1.42. The van der Waals surface area contributed by atoms with Gasteiger partial charge in [0, 0.05) is 10.9 Å². The first-order valence-electron chi connectivity index (χ1n) is 3.80. The van der Waals surface area contributed by atoms with Gasteiger partial charge in [-0.2, -0.15) is 0 Å². The monoisotopic (exact) mass is 206 g/mol. The highest BCUT2D eigenvalue weighted by molar-refractivity contribution is 9.11. The second kappa shape index (κ2) is 4.12. The molecule has 0 nitrogen and oxygen atoms in total. The van der Waals surface area contributed by atoms with E-state index in [0.29, 0.717) is 0 Å². The van der Waals surface area contributed by atoms with Crippen LogP contribution in [0.15, 0.2) is 10.8 Å². The van der Waals surface area contributed by atoms with Crippen molar-refractivity contribution in [3.63, 3.8) is 0 Å². The van der Waals surface area contributed by atoms with Gasteiger partial charge in [0.25, 0.3) is 0 Å². The second-order valence-corrected chi connectivity index (χ2v) is 3.29. The molecule has 1 aliphatic carbocycles. The number of allylic oxidation sites excluding steroid dienone is 1. The third kappa shape index (κ3) is 2.08. The Balaban J connectivity index is 2.39. The van der Waals surface area contributed by atoms with Gasteiger partial charge in [0.1, 0.15) is 5.83 Å². The second-order valence-electron chi connectivity index (χ2n) is 2.83. The normalized spacial score (nSPS) is 23.2. The van der Waals surface area contributed by atoms with Crippen molar-refractivity contribution >= 4 is 15.9 Å². The van der Waals surface area contributed by atoms with E-state index in [9.17, 15) is 4.39 Å². The van der Waals surface area contributed by atoms with Gasteiger partial charge in [-0.05, 0) is 12.8 Å². The van der Waals surface area contributed by atoms with Crippen LogP contribution in [0, 0.1) is 5.92 Å². The molecule has 58 valence electrons. The summed E-state index contributed by atoms with van der Waals surface area (Å²) in [5, 5.41) is 0. The van der Waals surface area contributed by atoms with Crippen LogP contribution in [-0.4, -0.2) is 0 Å². The van der Waals surface area contributed by atoms with Crippen LogP contribution in [-0.2, 0) is 0 Å². The van der Waals surface area contributed by atoms with Crippen molar-refractivity contribution in [3.8, 4) is 0 Å². The first kappa shape index (κ1) is 8.25. The lowest BCUT2D eigenvalue weighted by Crippen LogP contribution is -2.05. The third-order valence-corrected chi connectivity index (χ3v) is 2.54. The molecule has 1 saturated carbocycles. The molecule has 0 aromatic carbocycles. The molecule has 0 aromatic rings. The fourth-order valence-corrected chi connectivity index (χ4v) is 1.84. The van der Waals surface area contributed by atoms with Gasteiger partial charge in [-0.25, -0.2) is 4.39 Å². The smallest absolute Gasteiger partial charge is 0.110 e. The van der Waals surface area contributed by atoms with Crippen molar-refractivity contribution in [2.75, 3.05) is 0 Å². The SMILES string of the molecule is F/C(=C\Br)C1CCCCC1. The largest absolute Gasteiger partial charge is 0.211 e. The molecule has 1 fully saturated rings. The van der Waals surface area contributed by atoms with E-state index in [4.69, 9.17) is 0 Å². The van der Waals surface area contributed by atoms with Crippen LogP contribution in [0.25, 0.3) is 0 Å². The quantitative estimate of drug-likeness (QED) is 0.613. The molecule has 10 heavy (non-hydrogen) atoms. The molecule has 0 N–H and O–H groups in total. The average Bonchev–Trinajstić information content (AvgIpc) is 2.05. The summed E-state index contributed by atoms with van der Waals surface area (Å²) in [7, 11) is 0. The fourth-order valence-electron chi connectivity index (χ4n) is 1.47. The predicted octanol–water partition coefficient (Wildman–Crippen LogP) is 3.77. The third-order valence-electron chi connectivity index (χ3n) is 2.10. The molecule has 0 aliphatic heterocycles. The van der Waals surface area contributed by atoms with E-state index in [1.165, 1.54) is 24.2 Å². The van der Waals surface area contributed by atoms with Crippen molar-refractivity contribution in [2.24, 2.45) is 5.92 Å². The molecule has 0 spiro atoms. The van der Waals surface area contributed by atoms with Gasteiger partial charge in [-0.3, -0.25) is 0 Å². The Bertz CT molecular complexity index is 125. The van der Waals surface area contributed by atoms with Crippen LogP contribution >= 0.6 is 15.9 Å². The maximum atomic E-state index is 12.8. The first-order chi connectivity index (χ1) is 4.84. The standard InChI is InChI=1S/C8H12BrF/c9-6-8(10)7-4-2-1-3-5-7/h6-7H,1-5H2/b8-6-. The van der Waals surface area contributed by atoms with E-state index < -0.39 is 0 Å². The summed E-state index contributed by atoms with van der Waals surface area (Å²) < 4.78 is 12.8. The molecule has 0 unspecified atom stereocenters. The van der Waals surface area contributed by atoms with Gasteiger partial charge in [-0.15, -0.1) is 0 Å². The molecule has 1 aliphatic rings. The summed E-state index contributed by atoms with van der Waals surface area (Å²) in [5.74, 6) is 0.243. The van der Waals surface area contributed by atoms with E-state index in [1.54, 1.807) is 0 Å². The molecular weight excluding hydrogens is 195 g/mol. The zero-order valence-corrected chi connectivity index (χ0v) is 7.53. The van der Waals surface area contributed by atoms with Crippen molar-refractivity contribution in [1.29, 1.82) is 0 Å². The van der Waals surface area contributed by atoms with Crippen LogP contribution in [0.2, 0.25) is 0 Å². The predicted molar refractivity (Wildman–Crippen MR) is 44.7 cm³/mol. The maximum absolute atomic E-state index is 12.8. The fraction of sp³-hybridized carbons (Fsp3) is 0.750. The Labute approximate surface area is 69.6 Å². The topological polar surface area (TPSA) is 0 Å². The van der Waals surface area contributed by atoms with Crippen molar-refractivity contribution in [3.05, 3.63) is 10.8 Å². The van der Waals surface area contributed by atoms with Crippen LogP contribution in [0.5, 0.6) is 0 Å². The summed E-state index contributed by atoms with van der Waals surface area (Å²) in [6.45, 7) is 0. The zero-order valence-electron chi connectivity index (χ0n) is 5.95. The number of halogens is 2. The molecular formula is C8H12BrF. The summed E-state index contributed by atoms with van der Waals surface area (Å²) in [5.41, 5.74) is 0. The Morgan fingerprint density at radius 2 is 1.90 bits per heavy atom. The van der Waals surface area contributed by atoms with Gasteiger partial charge in [-0.1, -0.05) is 35.2 Å². The molecule has 0 amide bonds. The zero-order chi connectivity index (χ0) is 7.40. The van der Waals surface area contributed by atoms with Gasteiger partial charge in [0.15, 0.2) is 0 Å². The Morgan fingerprint density at radius 1 is 1.30 bits per heavy atom. The molecule has 1 rings (SSSR count). The van der Waals surface area contributed by atoms with E-state index in [2.05, 4.69) is 15.9 Å². The number of rotatable bonds is 1. The molecule has 0 bridgehead atoms. The van der Waals surface area contributed by atoms with Crippen molar-refractivity contribution < 1.29 is 4.39 Å². The minimum Gasteiger partial charge on any atom is -0.211 e. The van der Waals surface area contributed by atoms with Crippen molar-refractivity contribution in [1.82, 2.24) is 0 Å².